The van der Waals surface area contributed by atoms with E-state index in [4.69, 9.17) is 5.11 Å². The molecule has 2 rings (SSSR count). The van der Waals surface area contributed by atoms with Crippen molar-refractivity contribution in [1.29, 1.82) is 0 Å². The summed E-state index contributed by atoms with van der Waals surface area (Å²) in [7, 11) is 0. The van der Waals surface area contributed by atoms with Crippen molar-refractivity contribution in [2.24, 2.45) is 0 Å². The molecule has 7 heteroatoms. The number of amides is 1. The number of carboxylic acid groups (broad SMARTS) is 1. The average Bonchev–Trinajstić information content (AvgIpc) is 2.13. The van der Waals surface area contributed by atoms with Crippen molar-refractivity contribution < 1.29 is 23.1 Å². The number of halogens is 3. The van der Waals surface area contributed by atoms with Crippen molar-refractivity contribution in [2.75, 3.05) is 5.32 Å². The van der Waals surface area contributed by atoms with Crippen molar-refractivity contribution >= 4 is 11.8 Å². The first-order valence-electron chi connectivity index (χ1n) is 4.90. The molecule has 0 radical (unpaired) electrons. The zero-order chi connectivity index (χ0) is 12.6. The summed E-state index contributed by atoms with van der Waals surface area (Å²) in [6, 6.07) is 0.937. The van der Waals surface area contributed by atoms with Crippen LogP contribution in [0.4, 0.5) is 23.7 Å². The summed E-state index contributed by atoms with van der Waals surface area (Å²) in [6.45, 7) is 0. The molecule has 0 aromatic carbocycles. The largest absolute Gasteiger partial charge is 0.465 e. The lowest BCUT2D eigenvalue weighted by Gasteiger charge is -2.34. The molecule has 92 valence electrons. The molecular formula is C10H9F3N2O2. The fourth-order valence-electron chi connectivity index (χ4n) is 1.80. The van der Waals surface area contributed by atoms with Crippen LogP contribution in [0, 0.1) is 5.82 Å². The van der Waals surface area contributed by atoms with Gasteiger partial charge in [0.05, 0.1) is 17.6 Å². The molecule has 0 atom stereocenters. The highest BCUT2D eigenvalue weighted by Crippen LogP contribution is 2.48. The fourth-order valence-corrected chi connectivity index (χ4v) is 1.80. The van der Waals surface area contributed by atoms with Gasteiger partial charge >= 0.3 is 6.09 Å². The summed E-state index contributed by atoms with van der Waals surface area (Å²) in [5.74, 6) is -4.10. The number of nitrogens with one attached hydrogen (secondary N) is 1. The summed E-state index contributed by atoms with van der Waals surface area (Å²) in [4.78, 5) is 14.0. The second-order valence-electron chi connectivity index (χ2n) is 3.98. The van der Waals surface area contributed by atoms with Gasteiger partial charge in [0, 0.05) is 24.8 Å². The van der Waals surface area contributed by atoms with E-state index in [1.165, 1.54) is 0 Å². The smallest absolute Gasteiger partial charge is 0.409 e. The van der Waals surface area contributed by atoms with Crippen molar-refractivity contribution in [2.45, 2.75) is 24.7 Å². The van der Waals surface area contributed by atoms with Crippen LogP contribution in [0.15, 0.2) is 12.3 Å². The lowest BCUT2D eigenvalue weighted by atomic mass is 9.79. The molecule has 17 heavy (non-hydrogen) atoms. The first kappa shape index (κ1) is 11.7. The molecular weight excluding hydrogens is 237 g/mol. The normalized spacial score (nSPS) is 18.5. The maximum atomic E-state index is 13.5. The van der Waals surface area contributed by atoms with Gasteiger partial charge < -0.3 is 5.11 Å². The summed E-state index contributed by atoms with van der Waals surface area (Å²) in [6.07, 6.45) is -1.05. The molecule has 0 spiro atoms. The number of carbonyl (C=O) groups is 1. The Kier molecular flexibility index (Phi) is 2.68. The molecule has 0 saturated heterocycles. The molecule has 1 fully saturated rings. The monoisotopic (exact) mass is 246 g/mol. The van der Waals surface area contributed by atoms with Crippen LogP contribution in [-0.4, -0.2) is 22.1 Å². The second-order valence-corrected chi connectivity index (χ2v) is 3.98. The van der Waals surface area contributed by atoms with Crippen LogP contribution in [0.25, 0.3) is 0 Å². The number of rotatable bonds is 2. The van der Waals surface area contributed by atoms with E-state index in [-0.39, 0.29) is 11.4 Å². The summed E-state index contributed by atoms with van der Waals surface area (Å²) < 4.78 is 38.7. The van der Waals surface area contributed by atoms with Gasteiger partial charge in [-0.2, -0.15) is 0 Å². The Hall–Kier alpha value is -1.79. The lowest BCUT2D eigenvalue weighted by molar-refractivity contribution is -0.0882. The quantitative estimate of drug-likeness (QED) is 0.843. The number of pyridine rings is 1. The van der Waals surface area contributed by atoms with Crippen molar-refractivity contribution in [1.82, 2.24) is 4.98 Å². The first-order valence-corrected chi connectivity index (χ1v) is 4.90. The molecule has 1 saturated carbocycles. The van der Waals surface area contributed by atoms with E-state index in [0.29, 0.717) is 0 Å². The Bertz CT molecular complexity index is 457. The number of alkyl halides is 2. The topological polar surface area (TPSA) is 62.2 Å². The van der Waals surface area contributed by atoms with Crippen LogP contribution in [0.1, 0.15) is 24.5 Å². The SMILES string of the molecule is O=C(O)Nc1cnc(C2CC(F)(F)C2)c(F)c1. The highest BCUT2D eigenvalue weighted by molar-refractivity contribution is 5.82. The van der Waals surface area contributed by atoms with Gasteiger partial charge in [0.2, 0.25) is 5.92 Å². The van der Waals surface area contributed by atoms with Gasteiger partial charge in [0.25, 0.3) is 0 Å². The number of anilines is 1. The summed E-state index contributed by atoms with van der Waals surface area (Å²) in [5, 5.41) is 10.3. The highest BCUT2D eigenvalue weighted by Gasteiger charge is 2.47. The summed E-state index contributed by atoms with van der Waals surface area (Å²) in [5.41, 5.74) is -0.0586. The van der Waals surface area contributed by atoms with Crippen molar-refractivity contribution in [3.8, 4) is 0 Å². The minimum atomic E-state index is -2.74. The lowest BCUT2D eigenvalue weighted by Crippen LogP contribution is -2.34. The Balaban J connectivity index is 2.13. The molecule has 0 aliphatic heterocycles. The van der Waals surface area contributed by atoms with Gasteiger partial charge in [-0.25, -0.2) is 18.0 Å². The van der Waals surface area contributed by atoms with Crippen LogP contribution in [0.3, 0.4) is 0 Å². The molecule has 1 amide bonds. The van der Waals surface area contributed by atoms with Crippen molar-refractivity contribution in [3.05, 3.63) is 23.8 Å². The molecule has 4 nitrogen and oxygen atoms in total. The predicted molar refractivity (Wildman–Crippen MR) is 52.8 cm³/mol. The zero-order valence-corrected chi connectivity index (χ0v) is 8.58. The van der Waals surface area contributed by atoms with Crippen LogP contribution in [-0.2, 0) is 0 Å². The fraction of sp³-hybridized carbons (Fsp3) is 0.400. The zero-order valence-electron chi connectivity index (χ0n) is 8.58. The third-order valence-electron chi connectivity index (χ3n) is 2.60. The molecule has 0 unspecified atom stereocenters. The van der Waals surface area contributed by atoms with E-state index in [9.17, 15) is 18.0 Å². The number of hydrogen-bond acceptors (Lipinski definition) is 2. The maximum Gasteiger partial charge on any atom is 0.409 e. The predicted octanol–water partition coefficient (Wildman–Crippen LogP) is 2.82. The van der Waals surface area contributed by atoms with E-state index in [1.807, 2.05) is 5.32 Å². The average molecular weight is 246 g/mol. The van der Waals surface area contributed by atoms with Gasteiger partial charge in [-0.1, -0.05) is 0 Å². The molecule has 1 aromatic heterocycles. The number of nitrogens with zero attached hydrogens (tertiary/aromatic N) is 1. The number of hydrogen-bond donors (Lipinski definition) is 2. The van der Waals surface area contributed by atoms with Gasteiger partial charge in [-0.15, -0.1) is 0 Å². The van der Waals surface area contributed by atoms with E-state index in [2.05, 4.69) is 4.98 Å². The molecule has 1 aromatic rings. The number of aromatic nitrogens is 1. The summed E-state index contributed by atoms with van der Waals surface area (Å²) >= 11 is 0. The first-order chi connectivity index (χ1) is 7.87. The van der Waals surface area contributed by atoms with Gasteiger partial charge in [-0.05, 0) is 0 Å². The Morgan fingerprint density at radius 3 is 2.65 bits per heavy atom. The molecule has 1 aliphatic rings. The van der Waals surface area contributed by atoms with E-state index in [1.54, 1.807) is 0 Å². The Labute approximate surface area is 94.5 Å². The standard InChI is InChI=1S/C10H9F3N2O2/c11-7-1-6(15-9(16)17)4-14-8(7)5-2-10(12,13)3-5/h1,4-5,15H,2-3H2,(H,16,17). The van der Waals surface area contributed by atoms with Gasteiger partial charge in [0.1, 0.15) is 5.82 Å². The third kappa shape index (κ3) is 2.48. The minimum Gasteiger partial charge on any atom is -0.465 e. The Morgan fingerprint density at radius 2 is 2.18 bits per heavy atom. The maximum absolute atomic E-state index is 13.5. The molecule has 2 N–H and O–H groups in total. The minimum absolute atomic E-state index is 0.0233. The third-order valence-corrected chi connectivity index (χ3v) is 2.60. The van der Waals surface area contributed by atoms with Crippen LogP contribution in [0.5, 0.6) is 0 Å². The van der Waals surface area contributed by atoms with E-state index in [0.717, 1.165) is 12.3 Å². The Morgan fingerprint density at radius 1 is 1.53 bits per heavy atom. The van der Waals surface area contributed by atoms with Gasteiger partial charge in [-0.3, -0.25) is 10.3 Å². The second kappa shape index (κ2) is 3.90. The van der Waals surface area contributed by atoms with Crippen LogP contribution in [0.2, 0.25) is 0 Å². The van der Waals surface area contributed by atoms with E-state index >= 15 is 0 Å². The van der Waals surface area contributed by atoms with Crippen LogP contribution >= 0.6 is 0 Å². The molecule has 0 bridgehead atoms. The van der Waals surface area contributed by atoms with Crippen molar-refractivity contribution in [3.63, 3.8) is 0 Å². The molecule has 1 heterocycles. The van der Waals surface area contributed by atoms with Gasteiger partial charge in [0.15, 0.2) is 0 Å². The highest BCUT2D eigenvalue weighted by atomic mass is 19.3. The van der Waals surface area contributed by atoms with E-state index < -0.39 is 36.6 Å². The van der Waals surface area contributed by atoms with Crippen LogP contribution < -0.4 is 5.32 Å². The molecule has 1 aliphatic carbocycles.